The standard InChI is InChI=1S/C16H24N2O2/c1-11(15-9-14(19)6-7-16(15)20)18(13-4-5-13)10-12-3-2-8-17-12/h6-7,9,11-13,17,19-20H,2-5,8,10H2,1H3. The van der Waals surface area contributed by atoms with Crippen molar-refractivity contribution in [2.45, 2.75) is 50.7 Å². The zero-order valence-electron chi connectivity index (χ0n) is 12.0. The van der Waals surface area contributed by atoms with Crippen molar-refractivity contribution in [1.82, 2.24) is 10.2 Å². The summed E-state index contributed by atoms with van der Waals surface area (Å²) in [4.78, 5) is 2.48. The summed E-state index contributed by atoms with van der Waals surface area (Å²) in [5.74, 6) is 0.500. The highest BCUT2D eigenvalue weighted by Crippen LogP contribution is 2.38. The minimum atomic E-state index is 0.136. The van der Waals surface area contributed by atoms with Crippen molar-refractivity contribution < 1.29 is 10.2 Å². The van der Waals surface area contributed by atoms with E-state index in [1.807, 2.05) is 0 Å². The van der Waals surface area contributed by atoms with Crippen molar-refractivity contribution >= 4 is 0 Å². The third kappa shape index (κ3) is 2.91. The molecule has 1 saturated heterocycles. The van der Waals surface area contributed by atoms with E-state index in [1.165, 1.54) is 31.7 Å². The topological polar surface area (TPSA) is 55.7 Å². The lowest BCUT2D eigenvalue weighted by Gasteiger charge is -2.32. The molecule has 0 amide bonds. The molecule has 1 aliphatic carbocycles. The molecule has 110 valence electrons. The average Bonchev–Trinajstić information content (AvgIpc) is 3.15. The number of benzene rings is 1. The summed E-state index contributed by atoms with van der Waals surface area (Å²) in [7, 11) is 0. The molecule has 1 aromatic carbocycles. The van der Waals surface area contributed by atoms with Gasteiger partial charge < -0.3 is 15.5 Å². The second kappa shape index (κ2) is 5.62. The maximum atomic E-state index is 10.1. The van der Waals surface area contributed by atoms with Crippen molar-refractivity contribution in [2.75, 3.05) is 13.1 Å². The van der Waals surface area contributed by atoms with Gasteiger partial charge in [-0.3, -0.25) is 4.90 Å². The summed E-state index contributed by atoms with van der Waals surface area (Å²) >= 11 is 0. The van der Waals surface area contributed by atoms with Crippen molar-refractivity contribution in [2.24, 2.45) is 0 Å². The van der Waals surface area contributed by atoms with Crippen LogP contribution < -0.4 is 5.32 Å². The highest BCUT2D eigenvalue weighted by molar-refractivity contribution is 5.40. The van der Waals surface area contributed by atoms with Crippen LogP contribution in [-0.2, 0) is 0 Å². The third-order valence-electron chi connectivity index (χ3n) is 4.57. The Labute approximate surface area is 120 Å². The van der Waals surface area contributed by atoms with Crippen LogP contribution in [-0.4, -0.2) is 40.3 Å². The molecule has 3 N–H and O–H groups in total. The quantitative estimate of drug-likeness (QED) is 0.723. The first-order valence-electron chi connectivity index (χ1n) is 7.66. The number of hydrogen-bond donors (Lipinski definition) is 3. The van der Waals surface area contributed by atoms with Crippen molar-refractivity contribution in [1.29, 1.82) is 0 Å². The van der Waals surface area contributed by atoms with Crippen LogP contribution in [0.2, 0.25) is 0 Å². The molecule has 2 atom stereocenters. The molecule has 4 nitrogen and oxygen atoms in total. The molecule has 1 aliphatic heterocycles. The van der Waals surface area contributed by atoms with Crippen LogP contribution in [0, 0.1) is 0 Å². The van der Waals surface area contributed by atoms with Crippen LogP contribution in [0.1, 0.15) is 44.2 Å². The first kappa shape index (κ1) is 13.7. The zero-order valence-corrected chi connectivity index (χ0v) is 12.0. The first-order valence-corrected chi connectivity index (χ1v) is 7.66. The van der Waals surface area contributed by atoms with Crippen LogP contribution >= 0.6 is 0 Å². The molecule has 20 heavy (non-hydrogen) atoms. The Morgan fingerprint density at radius 1 is 1.30 bits per heavy atom. The molecule has 0 aromatic heterocycles. The van der Waals surface area contributed by atoms with E-state index in [9.17, 15) is 10.2 Å². The van der Waals surface area contributed by atoms with Gasteiger partial charge in [0.15, 0.2) is 0 Å². The smallest absolute Gasteiger partial charge is 0.120 e. The molecule has 0 radical (unpaired) electrons. The Bertz CT molecular complexity index is 468. The Balaban J connectivity index is 1.77. The second-order valence-electron chi connectivity index (χ2n) is 6.14. The number of phenolic OH excluding ortho intramolecular Hbond substituents is 2. The van der Waals surface area contributed by atoms with Gasteiger partial charge in [-0.25, -0.2) is 0 Å². The molecule has 2 fully saturated rings. The van der Waals surface area contributed by atoms with Crippen molar-refractivity contribution in [3.8, 4) is 11.5 Å². The Kier molecular flexibility index (Phi) is 3.85. The largest absolute Gasteiger partial charge is 0.508 e. The number of aromatic hydroxyl groups is 2. The van der Waals surface area contributed by atoms with E-state index >= 15 is 0 Å². The van der Waals surface area contributed by atoms with Crippen molar-refractivity contribution in [3.63, 3.8) is 0 Å². The van der Waals surface area contributed by atoms with Crippen LogP contribution in [0.3, 0.4) is 0 Å². The molecule has 4 heteroatoms. The lowest BCUT2D eigenvalue weighted by atomic mass is 10.0. The maximum Gasteiger partial charge on any atom is 0.120 e. The van der Waals surface area contributed by atoms with Gasteiger partial charge in [0, 0.05) is 30.2 Å². The molecule has 1 heterocycles. The van der Waals surface area contributed by atoms with Crippen LogP contribution in [0.15, 0.2) is 18.2 Å². The summed E-state index contributed by atoms with van der Waals surface area (Å²) in [6.45, 7) is 4.28. The van der Waals surface area contributed by atoms with Gasteiger partial charge in [-0.15, -0.1) is 0 Å². The fraction of sp³-hybridized carbons (Fsp3) is 0.625. The van der Waals surface area contributed by atoms with Crippen LogP contribution in [0.5, 0.6) is 11.5 Å². The lowest BCUT2D eigenvalue weighted by Crippen LogP contribution is -2.40. The van der Waals surface area contributed by atoms with Gasteiger partial charge in [0.2, 0.25) is 0 Å². The predicted octanol–water partition coefficient (Wildman–Crippen LogP) is 2.38. The number of phenols is 2. The predicted molar refractivity (Wildman–Crippen MR) is 78.9 cm³/mol. The van der Waals surface area contributed by atoms with Crippen molar-refractivity contribution in [3.05, 3.63) is 23.8 Å². The number of nitrogens with one attached hydrogen (secondary N) is 1. The average molecular weight is 276 g/mol. The van der Waals surface area contributed by atoms with Gasteiger partial charge in [0.1, 0.15) is 11.5 Å². The zero-order chi connectivity index (χ0) is 14.1. The molecule has 1 saturated carbocycles. The lowest BCUT2D eigenvalue weighted by molar-refractivity contribution is 0.179. The van der Waals surface area contributed by atoms with E-state index in [-0.39, 0.29) is 17.5 Å². The summed E-state index contributed by atoms with van der Waals surface area (Å²) in [6.07, 6.45) is 4.99. The SMILES string of the molecule is CC(c1cc(O)ccc1O)N(CC1CCCN1)C1CC1. The highest BCUT2D eigenvalue weighted by atomic mass is 16.3. The monoisotopic (exact) mass is 276 g/mol. The normalized spacial score (nSPS) is 24.2. The summed E-state index contributed by atoms with van der Waals surface area (Å²) in [5, 5.41) is 23.3. The number of hydrogen-bond acceptors (Lipinski definition) is 4. The molecule has 0 spiro atoms. The molecule has 2 aliphatic rings. The Hall–Kier alpha value is -1.26. The van der Waals surface area contributed by atoms with Gasteiger partial charge in [-0.2, -0.15) is 0 Å². The van der Waals surface area contributed by atoms with E-state index in [0.29, 0.717) is 12.1 Å². The second-order valence-corrected chi connectivity index (χ2v) is 6.14. The molecule has 0 bridgehead atoms. The fourth-order valence-electron chi connectivity index (χ4n) is 3.25. The van der Waals surface area contributed by atoms with Gasteiger partial charge in [0.05, 0.1) is 0 Å². The fourth-order valence-corrected chi connectivity index (χ4v) is 3.25. The van der Waals surface area contributed by atoms with E-state index in [0.717, 1.165) is 18.7 Å². The minimum Gasteiger partial charge on any atom is -0.508 e. The van der Waals surface area contributed by atoms with E-state index in [1.54, 1.807) is 12.1 Å². The van der Waals surface area contributed by atoms with Gasteiger partial charge in [0.25, 0.3) is 0 Å². The van der Waals surface area contributed by atoms with Crippen LogP contribution in [0.25, 0.3) is 0 Å². The number of nitrogens with zero attached hydrogens (tertiary/aromatic N) is 1. The van der Waals surface area contributed by atoms with E-state index in [4.69, 9.17) is 0 Å². The third-order valence-corrected chi connectivity index (χ3v) is 4.57. The molecule has 1 aromatic rings. The van der Waals surface area contributed by atoms with E-state index < -0.39 is 0 Å². The molecule has 3 rings (SSSR count). The number of rotatable bonds is 5. The van der Waals surface area contributed by atoms with Gasteiger partial charge in [-0.1, -0.05) is 0 Å². The Morgan fingerprint density at radius 3 is 2.75 bits per heavy atom. The van der Waals surface area contributed by atoms with E-state index in [2.05, 4.69) is 17.1 Å². The van der Waals surface area contributed by atoms with Gasteiger partial charge in [-0.05, 0) is 57.4 Å². The van der Waals surface area contributed by atoms with Crippen LogP contribution in [0.4, 0.5) is 0 Å². The minimum absolute atomic E-state index is 0.136. The summed E-state index contributed by atoms with van der Waals surface area (Å²) in [5.41, 5.74) is 0.829. The summed E-state index contributed by atoms with van der Waals surface area (Å²) in [6, 6.07) is 6.15. The molecular formula is C16H24N2O2. The highest BCUT2D eigenvalue weighted by Gasteiger charge is 2.35. The maximum absolute atomic E-state index is 10.1. The first-order chi connectivity index (χ1) is 9.65. The van der Waals surface area contributed by atoms with Gasteiger partial charge >= 0.3 is 0 Å². The Morgan fingerprint density at radius 2 is 2.10 bits per heavy atom. The molecule has 2 unspecified atom stereocenters. The molecular weight excluding hydrogens is 252 g/mol. The summed E-state index contributed by atoms with van der Waals surface area (Å²) < 4.78 is 0.